The summed E-state index contributed by atoms with van der Waals surface area (Å²) in [6.45, 7) is 6.85. The number of carbonyl (C=O) groups is 2. The van der Waals surface area contributed by atoms with Crippen molar-refractivity contribution in [1.82, 2.24) is 20.4 Å². The Kier molecular flexibility index (Phi) is 9.37. The number of amides is 1. The van der Waals surface area contributed by atoms with E-state index in [0.29, 0.717) is 52.1 Å². The molecule has 14 heteroatoms. The highest BCUT2D eigenvalue weighted by Gasteiger charge is 2.57. The Morgan fingerprint density at radius 2 is 1.85 bits per heavy atom. The van der Waals surface area contributed by atoms with E-state index in [0.717, 1.165) is 27.9 Å². The number of likely N-dealkylation sites (N-methyl/N-ethyl adjacent to an activating group) is 1. The van der Waals surface area contributed by atoms with Gasteiger partial charge < -0.3 is 40.0 Å². The van der Waals surface area contributed by atoms with Crippen molar-refractivity contribution in [2.45, 2.75) is 76.8 Å². The smallest absolute Gasteiger partial charge is 0.308 e. The number of aryl methyl sites for hydroxylation is 1. The zero-order chi connectivity index (χ0) is 37.0. The number of hydrogen-bond donors (Lipinski definition) is 4. The summed E-state index contributed by atoms with van der Waals surface area (Å²) < 4.78 is 23.6. The lowest BCUT2D eigenvalue weighted by Crippen LogP contribution is -2.69. The van der Waals surface area contributed by atoms with Crippen LogP contribution in [0.3, 0.4) is 0 Å². The predicted molar refractivity (Wildman–Crippen MR) is 196 cm³/mol. The Labute approximate surface area is 307 Å². The van der Waals surface area contributed by atoms with Crippen LogP contribution in [0.4, 0.5) is 5.69 Å². The fourth-order valence-electron chi connectivity index (χ4n) is 8.61. The monoisotopic (exact) mass is 726 g/mol. The third-order valence-corrected chi connectivity index (χ3v) is 11.0. The molecule has 0 aliphatic carbocycles. The van der Waals surface area contributed by atoms with Gasteiger partial charge in [-0.05, 0) is 76.1 Å². The number of nitriles is 1. The molecule has 1 saturated heterocycles. The van der Waals surface area contributed by atoms with Crippen LogP contribution < -0.4 is 34.9 Å². The second kappa shape index (κ2) is 13.8. The second-order valence-corrected chi connectivity index (χ2v) is 14.2. The van der Waals surface area contributed by atoms with E-state index in [1.165, 1.54) is 14.0 Å². The first kappa shape index (κ1) is 35.3. The van der Waals surface area contributed by atoms with E-state index >= 15 is 0 Å². The number of ether oxygens (including phenoxy) is 4. The third kappa shape index (κ3) is 5.82. The maximum absolute atomic E-state index is 13.7. The van der Waals surface area contributed by atoms with Gasteiger partial charge in [0.1, 0.15) is 17.8 Å². The average molecular weight is 727 g/mol. The Morgan fingerprint density at radius 1 is 1.12 bits per heavy atom. The van der Waals surface area contributed by atoms with Gasteiger partial charge in [0, 0.05) is 53.5 Å². The quantitative estimate of drug-likeness (QED) is 0.158. The number of benzene rings is 3. The number of phenols is 1. The number of carbonyl (C=O) groups excluding carboxylic acids is 2. The summed E-state index contributed by atoms with van der Waals surface area (Å²) in [4.78, 5) is 30.6. The van der Waals surface area contributed by atoms with Gasteiger partial charge in [0.05, 0.1) is 25.3 Å². The highest BCUT2D eigenvalue weighted by atomic mass is 32.1. The minimum atomic E-state index is -0.708. The van der Waals surface area contributed by atoms with Gasteiger partial charge in [0.2, 0.25) is 12.7 Å². The van der Waals surface area contributed by atoms with Crippen LogP contribution in [0.25, 0.3) is 0 Å². The molecule has 1 unspecified atom stereocenters. The topological polar surface area (TPSA) is 158 Å². The van der Waals surface area contributed by atoms with E-state index in [4.69, 9.17) is 31.2 Å². The molecule has 0 saturated carbocycles. The van der Waals surface area contributed by atoms with Crippen molar-refractivity contribution in [2.24, 2.45) is 0 Å². The number of aromatic hydroxyl groups is 1. The number of anilines is 1. The summed E-state index contributed by atoms with van der Waals surface area (Å²) in [5, 5.41) is 32.2. The number of phenolic OH excluding ortho intramolecular Hbond substituents is 1. The van der Waals surface area contributed by atoms with Crippen molar-refractivity contribution in [3.8, 4) is 34.8 Å². The molecule has 13 nitrogen and oxygen atoms in total. The molecule has 2 bridgehead atoms. The van der Waals surface area contributed by atoms with Gasteiger partial charge in [-0.1, -0.05) is 24.3 Å². The van der Waals surface area contributed by atoms with Gasteiger partial charge in [-0.15, -0.1) is 0 Å². The zero-order valence-corrected chi connectivity index (χ0v) is 30.7. The summed E-state index contributed by atoms with van der Waals surface area (Å²) in [5.41, 5.74) is 5.34. The van der Waals surface area contributed by atoms with Gasteiger partial charge in [0.15, 0.2) is 28.1 Å². The van der Waals surface area contributed by atoms with Crippen LogP contribution in [0.5, 0.6) is 28.7 Å². The Balaban J connectivity index is 1.31. The molecular formula is C38H42N6O7S. The molecular weight excluding hydrogens is 685 g/mol. The third-order valence-electron chi connectivity index (χ3n) is 10.8. The molecule has 272 valence electrons. The molecule has 4 aliphatic heterocycles. The number of esters is 1. The molecule has 1 amide bonds. The molecule has 4 N–H and O–H groups in total. The summed E-state index contributed by atoms with van der Waals surface area (Å²) in [6.07, 6.45) is 0.872. The van der Waals surface area contributed by atoms with Crippen LogP contribution in [-0.4, -0.2) is 83.6 Å². The molecule has 7 rings (SSSR count). The van der Waals surface area contributed by atoms with Crippen LogP contribution in [0, 0.1) is 25.2 Å². The molecule has 1 fully saturated rings. The van der Waals surface area contributed by atoms with Gasteiger partial charge in [-0.25, -0.2) is 0 Å². The zero-order valence-electron chi connectivity index (χ0n) is 29.9. The molecule has 0 radical (unpaired) electrons. The maximum atomic E-state index is 13.7. The molecule has 3 aromatic rings. The normalized spacial score (nSPS) is 23.2. The van der Waals surface area contributed by atoms with E-state index in [2.05, 4.69) is 31.8 Å². The maximum Gasteiger partial charge on any atom is 0.308 e. The number of rotatable bonds is 7. The van der Waals surface area contributed by atoms with E-state index in [-0.39, 0.29) is 37.1 Å². The van der Waals surface area contributed by atoms with Crippen LogP contribution in [0.2, 0.25) is 0 Å². The largest absolute Gasteiger partial charge is 0.504 e. The lowest BCUT2D eigenvalue weighted by atomic mass is 9.71. The second-order valence-electron chi connectivity index (χ2n) is 13.8. The number of nitrogens with zero attached hydrogens (tertiary/aromatic N) is 3. The number of para-hydroxylation sites is 1. The van der Waals surface area contributed by atoms with Crippen LogP contribution in [0.15, 0.2) is 36.4 Å². The van der Waals surface area contributed by atoms with Gasteiger partial charge in [-0.3, -0.25) is 19.4 Å². The van der Waals surface area contributed by atoms with Crippen molar-refractivity contribution < 1.29 is 33.6 Å². The van der Waals surface area contributed by atoms with E-state index in [9.17, 15) is 20.0 Å². The van der Waals surface area contributed by atoms with Crippen molar-refractivity contribution in [1.29, 1.82) is 5.26 Å². The van der Waals surface area contributed by atoms with Crippen molar-refractivity contribution in [2.75, 3.05) is 32.8 Å². The number of fused-ring (bicyclic) bond motifs is 9. The van der Waals surface area contributed by atoms with Crippen molar-refractivity contribution >= 4 is 34.9 Å². The first-order valence-corrected chi connectivity index (χ1v) is 17.7. The van der Waals surface area contributed by atoms with Gasteiger partial charge in [-0.2, -0.15) is 5.26 Å². The van der Waals surface area contributed by atoms with Crippen LogP contribution >= 0.6 is 12.2 Å². The predicted octanol–water partition coefficient (Wildman–Crippen LogP) is 3.93. The standard InChI is InChI=1S/C38H42N6O7S/c1-18-12-22-13-25-27(15-39)44-26(31(43(25)5)29(22)32(46)33(18)48-6)14-24-30(36-35(49-17-50-36)19(2)34(24)51-21(4)45)28(44)16-40-37(47)20(3)41-38(52)42-23-10-8-7-9-11-23/h7-12,20,25-28,31,46H,13-14,16-17H2,1-6H3,(H,40,47)(H2,41,42,52)/t20-,25+,26?,27-,28-,31+/m0/s1. The summed E-state index contributed by atoms with van der Waals surface area (Å²) in [6, 6.07) is 11.1. The number of methoxy groups -OCH3 is 1. The lowest BCUT2D eigenvalue weighted by molar-refractivity contribution is -0.132. The first-order chi connectivity index (χ1) is 24.9. The molecule has 0 spiro atoms. The van der Waals surface area contributed by atoms with E-state index < -0.39 is 30.1 Å². The number of piperazine rings is 1. The molecule has 4 heterocycles. The first-order valence-electron chi connectivity index (χ1n) is 17.3. The SMILES string of the molecule is COc1c(C)cc2c(c1O)[C@H]1C3Cc4c(OC(C)=O)c(C)c5c(c4[C@H](CNC(=O)[C@H](C)NC(=S)Nc4ccccc4)N3[C@@H](C#N)[C@@H](C2)N1C)OCO5. The van der Waals surface area contributed by atoms with Gasteiger partial charge in [0.25, 0.3) is 0 Å². The van der Waals surface area contributed by atoms with Crippen LogP contribution in [0.1, 0.15) is 59.3 Å². The number of hydrogen-bond acceptors (Lipinski definition) is 11. The highest BCUT2D eigenvalue weighted by molar-refractivity contribution is 7.80. The van der Waals surface area contributed by atoms with Gasteiger partial charge >= 0.3 is 5.97 Å². The number of nitrogens with one attached hydrogen (secondary N) is 3. The van der Waals surface area contributed by atoms with E-state index in [1.54, 1.807) is 6.92 Å². The fraction of sp³-hybridized carbons (Fsp3) is 0.421. The summed E-state index contributed by atoms with van der Waals surface area (Å²) in [7, 11) is 3.52. The number of thiocarbonyl (C=S) groups is 1. The van der Waals surface area contributed by atoms with Crippen LogP contribution in [-0.2, 0) is 22.4 Å². The Bertz CT molecular complexity index is 2000. The molecule has 52 heavy (non-hydrogen) atoms. The highest BCUT2D eigenvalue weighted by Crippen LogP contribution is 2.58. The van der Waals surface area contributed by atoms with Crippen molar-refractivity contribution in [3.63, 3.8) is 0 Å². The Hall–Kier alpha value is -5.10. The lowest BCUT2D eigenvalue weighted by Gasteiger charge is -2.60. The minimum Gasteiger partial charge on any atom is -0.504 e. The molecule has 0 aromatic heterocycles. The van der Waals surface area contributed by atoms with E-state index in [1.807, 2.05) is 57.3 Å². The Morgan fingerprint density at radius 3 is 2.54 bits per heavy atom. The summed E-state index contributed by atoms with van der Waals surface area (Å²) in [5.74, 6) is 1.00. The fourth-order valence-corrected chi connectivity index (χ4v) is 8.91. The minimum absolute atomic E-state index is 0.0302. The van der Waals surface area contributed by atoms with Crippen molar-refractivity contribution in [3.05, 3.63) is 69.8 Å². The average Bonchev–Trinajstić information content (AvgIpc) is 3.60. The molecule has 3 aromatic carbocycles. The summed E-state index contributed by atoms with van der Waals surface area (Å²) >= 11 is 5.49. The molecule has 4 aliphatic rings. The molecule has 6 atom stereocenters.